The van der Waals surface area contributed by atoms with Gasteiger partial charge in [0.05, 0.1) is 13.7 Å². The molecular weight excluding hydrogens is 231 g/mol. The quantitative estimate of drug-likeness (QED) is 0.817. The van der Waals surface area contributed by atoms with Crippen molar-refractivity contribution in [1.29, 1.82) is 0 Å². The maximum absolute atomic E-state index is 12.0. The van der Waals surface area contributed by atoms with Gasteiger partial charge < -0.3 is 19.6 Å². The van der Waals surface area contributed by atoms with Gasteiger partial charge in [0.1, 0.15) is 0 Å². The van der Waals surface area contributed by atoms with E-state index in [1.165, 1.54) is 0 Å². The zero-order chi connectivity index (χ0) is 12.3. The minimum atomic E-state index is -4.97. The van der Waals surface area contributed by atoms with E-state index in [0.29, 0.717) is 0 Å². The molecule has 0 radical (unpaired) electrons. The van der Waals surface area contributed by atoms with E-state index in [9.17, 15) is 18.0 Å². The number of aliphatic hydroxyl groups excluding tert-OH is 1. The Morgan fingerprint density at radius 3 is 2.50 bits per heavy atom. The number of alkyl halides is 3. The second-order valence-corrected chi connectivity index (χ2v) is 2.71. The number of aliphatic hydroxyl groups is 1. The summed E-state index contributed by atoms with van der Waals surface area (Å²) in [5.74, 6) is -1.47. The van der Waals surface area contributed by atoms with Crippen LogP contribution in [-0.2, 0) is 6.61 Å². The molecule has 1 aromatic rings. The van der Waals surface area contributed by atoms with E-state index in [0.717, 1.165) is 13.3 Å². The van der Waals surface area contributed by atoms with Gasteiger partial charge in [-0.15, -0.1) is 13.2 Å². The minimum Gasteiger partial charge on any atom is -0.488 e. The summed E-state index contributed by atoms with van der Waals surface area (Å²) in [6.07, 6.45) is -4.04. The number of pyridine rings is 1. The summed E-state index contributed by atoms with van der Waals surface area (Å²) >= 11 is 0. The number of rotatable bonds is 3. The van der Waals surface area contributed by atoms with Crippen LogP contribution in [0.1, 0.15) is 5.56 Å². The molecule has 0 atom stereocenters. The summed E-state index contributed by atoms with van der Waals surface area (Å²) in [5, 5.41) is 8.80. The Hall–Kier alpha value is -1.70. The molecule has 0 unspecified atom stereocenters. The molecule has 5 nitrogen and oxygen atoms in total. The van der Waals surface area contributed by atoms with Gasteiger partial charge in [-0.25, -0.2) is 0 Å². The molecule has 0 aliphatic carbocycles. The fourth-order valence-electron chi connectivity index (χ4n) is 1.06. The van der Waals surface area contributed by atoms with Crippen molar-refractivity contribution in [3.05, 3.63) is 22.1 Å². The monoisotopic (exact) mass is 239 g/mol. The van der Waals surface area contributed by atoms with E-state index in [-0.39, 0.29) is 5.56 Å². The Morgan fingerprint density at radius 2 is 2.06 bits per heavy atom. The molecule has 0 saturated heterocycles. The van der Waals surface area contributed by atoms with Gasteiger partial charge in [0.25, 0.3) is 5.56 Å². The number of ether oxygens (including phenoxy) is 2. The third kappa shape index (κ3) is 2.66. The van der Waals surface area contributed by atoms with E-state index in [1.54, 1.807) is 0 Å². The van der Waals surface area contributed by atoms with Gasteiger partial charge in [-0.3, -0.25) is 4.79 Å². The number of aromatic nitrogens is 1. The van der Waals surface area contributed by atoms with Crippen LogP contribution in [-0.4, -0.2) is 23.6 Å². The zero-order valence-corrected chi connectivity index (χ0v) is 8.09. The molecule has 8 heteroatoms. The highest BCUT2D eigenvalue weighted by Crippen LogP contribution is 2.32. The molecule has 90 valence electrons. The number of methoxy groups -OCH3 is 1. The lowest BCUT2D eigenvalue weighted by atomic mass is 10.2. The van der Waals surface area contributed by atoms with E-state index < -0.39 is 30.0 Å². The molecule has 1 heterocycles. The van der Waals surface area contributed by atoms with Gasteiger partial charge in [0.2, 0.25) is 5.75 Å². The van der Waals surface area contributed by atoms with Crippen LogP contribution in [0.2, 0.25) is 0 Å². The molecule has 16 heavy (non-hydrogen) atoms. The number of hydrogen-bond donors (Lipinski definition) is 2. The second-order valence-electron chi connectivity index (χ2n) is 2.71. The molecule has 0 saturated carbocycles. The number of aromatic amines is 1. The summed E-state index contributed by atoms with van der Waals surface area (Å²) in [7, 11) is 1.02. The smallest absolute Gasteiger partial charge is 0.488 e. The van der Waals surface area contributed by atoms with Gasteiger partial charge in [-0.1, -0.05) is 0 Å². The normalized spacial score (nSPS) is 11.3. The third-order valence-corrected chi connectivity index (χ3v) is 1.67. The molecule has 1 rings (SSSR count). The average molecular weight is 239 g/mol. The third-order valence-electron chi connectivity index (χ3n) is 1.67. The topological polar surface area (TPSA) is 71.5 Å². The van der Waals surface area contributed by atoms with Crippen LogP contribution in [0.15, 0.2) is 11.0 Å². The number of halogens is 3. The largest absolute Gasteiger partial charge is 0.573 e. The Kier molecular flexibility index (Phi) is 3.43. The van der Waals surface area contributed by atoms with Crippen molar-refractivity contribution >= 4 is 0 Å². The van der Waals surface area contributed by atoms with Crippen molar-refractivity contribution in [2.24, 2.45) is 0 Å². The Bertz CT molecular complexity index is 426. The van der Waals surface area contributed by atoms with Gasteiger partial charge in [-0.2, -0.15) is 0 Å². The Labute approximate surface area is 87.4 Å². The van der Waals surface area contributed by atoms with Crippen LogP contribution in [0.25, 0.3) is 0 Å². The van der Waals surface area contributed by atoms with Crippen LogP contribution in [0.3, 0.4) is 0 Å². The fraction of sp³-hybridized carbons (Fsp3) is 0.375. The summed E-state index contributed by atoms with van der Waals surface area (Å²) in [6, 6.07) is 0. The molecular formula is C8H8F3NO4. The first-order valence-corrected chi connectivity index (χ1v) is 4.04. The molecule has 0 amide bonds. The van der Waals surface area contributed by atoms with Crippen molar-refractivity contribution in [2.75, 3.05) is 7.11 Å². The standard InChI is InChI=1S/C8H8F3NO4/c1-15-6-5(16-8(9,10)11)4(3-13)2-12-7(6)14/h2,13H,3H2,1H3,(H,12,14). The van der Waals surface area contributed by atoms with Crippen LogP contribution < -0.4 is 15.0 Å². The maximum Gasteiger partial charge on any atom is 0.573 e. The first kappa shape index (κ1) is 12.4. The molecule has 0 fully saturated rings. The predicted molar refractivity (Wildman–Crippen MR) is 46.2 cm³/mol. The number of hydrogen-bond acceptors (Lipinski definition) is 4. The summed E-state index contributed by atoms with van der Waals surface area (Å²) < 4.78 is 44.2. The second kappa shape index (κ2) is 4.44. The van der Waals surface area contributed by atoms with Crippen molar-refractivity contribution in [3.8, 4) is 11.5 Å². The first-order valence-electron chi connectivity index (χ1n) is 4.04. The summed E-state index contributed by atoms with van der Waals surface area (Å²) in [6.45, 7) is -0.724. The Morgan fingerprint density at radius 1 is 1.44 bits per heavy atom. The summed E-state index contributed by atoms with van der Waals surface area (Å²) in [5.41, 5.74) is -1.10. The molecule has 0 aliphatic rings. The van der Waals surface area contributed by atoms with Crippen LogP contribution in [0, 0.1) is 0 Å². The lowest BCUT2D eigenvalue weighted by molar-refractivity contribution is -0.275. The van der Waals surface area contributed by atoms with Crippen LogP contribution in [0.4, 0.5) is 13.2 Å². The van der Waals surface area contributed by atoms with Gasteiger partial charge in [0.15, 0.2) is 5.75 Å². The van der Waals surface area contributed by atoms with Crippen molar-refractivity contribution in [2.45, 2.75) is 13.0 Å². The van der Waals surface area contributed by atoms with Crippen molar-refractivity contribution in [3.63, 3.8) is 0 Å². The highest BCUT2D eigenvalue weighted by molar-refractivity contribution is 5.43. The number of H-pyrrole nitrogens is 1. The van der Waals surface area contributed by atoms with Crippen LogP contribution in [0.5, 0.6) is 11.5 Å². The highest BCUT2D eigenvalue weighted by Gasteiger charge is 2.34. The predicted octanol–water partition coefficient (Wildman–Crippen LogP) is 0.774. The lowest BCUT2D eigenvalue weighted by Gasteiger charge is -2.14. The molecule has 2 N–H and O–H groups in total. The van der Waals surface area contributed by atoms with E-state index in [4.69, 9.17) is 5.11 Å². The van der Waals surface area contributed by atoms with Crippen molar-refractivity contribution < 1.29 is 27.8 Å². The van der Waals surface area contributed by atoms with Gasteiger partial charge in [0, 0.05) is 11.8 Å². The van der Waals surface area contributed by atoms with E-state index >= 15 is 0 Å². The average Bonchev–Trinajstić information content (AvgIpc) is 2.16. The minimum absolute atomic E-state index is 0.228. The zero-order valence-electron chi connectivity index (χ0n) is 8.09. The molecule has 0 spiro atoms. The van der Waals surface area contributed by atoms with Gasteiger partial charge >= 0.3 is 6.36 Å². The number of nitrogens with one attached hydrogen (secondary N) is 1. The maximum atomic E-state index is 12.0. The SMILES string of the molecule is COc1c(OC(F)(F)F)c(CO)c[nH]c1=O. The molecule has 0 bridgehead atoms. The molecule has 0 aliphatic heterocycles. The summed E-state index contributed by atoms with van der Waals surface area (Å²) in [4.78, 5) is 13.2. The lowest BCUT2D eigenvalue weighted by Crippen LogP contribution is -2.21. The Balaban J connectivity index is 3.31. The van der Waals surface area contributed by atoms with Crippen molar-refractivity contribution in [1.82, 2.24) is 4.98 Å². The fourth-order valence-corrected chi connectivity index (χ4v) is 1.06. The van der Waals surface area contributed by atoms with Crippen LogP contribution >= 0.6 is 0 Å². The van der Waals surface area contributed by atoms with E-state index in [2.05, 4.69) is 14.5 Å². The molecule has 0 aromatic carbocycles. The molecule has 1 aromatic heterocycles. The van der Waals surface area contributed by atoms with Gasteiger partial charge in [-0.05, 0) is 0 Å². The van der Waals surface area contributed by atoms with E-state index in [1.807, 2.05) is 0 Å². The first-order chi connectivity index (χ1) is 7.39. The highest BCUT2D eigenvalue weighted by atomic mass is 19.4.